The molecule has 2 fully saturated rings. The van der Waals surface area contributed by atoms with E-state index in [2.05, 4.69) is 62.7 Å². The first-order chi connectivity index (χ1) is 16.6. The summed E-state index contributed by atoms with van der Waals surface area (Å²) in [5, 5.41) is 0.601. The lowest BCUT2D eigenvalue weighted by Crippen LogP contribution is -2.48. The summed E-state index contributed by atoms with van der Waals surface area (Å²) in [6.45, 7) is 15.8. The van der Waals surface area contributed by atoms with Crippen LogP contribution in [0.5, 0.6) is 0 Å². The van der Waals surface area contributed by atoms with Crippen LogP contribution in [-0.2, 0) is 11.2 Å². The van der Waals surface area contributed by atoms with Crippen molar-refractivity contribution in [2.75, 3.05) is 81.9 Å². The van der Waals surface area contributed by atoms with E-state index in [4.69, 9.17) is 21.3 Å². The predicted molar refractivity (Wildman–Crippen MR) is 139 cm³/mol. The maximum absolute atomic E-state index is 6.63. The number of benzene rings is 1. The van der Waals surface area contributed by atoms with Crippen LogP contribution in [0.15, 0.2) is 24.3 Å². The summed E-state index contributed by atoms with van der Waals surface area (Å²) in [5.41, 5.74) is 3.38. The number of piperazine rings is 1. The molecule has 184 valence electrons. The Morgan fingerprint density at radius 1 is 0.912 bits per heavy atom. The van der Waals surface area contributed by atoms with Crippen molar-refractivity contribution in [1.82, 2.24) is 19.8 Å². The van der Waals surface area contributed by atoms with Crippen molar-refractivity contribution in [1.29, 1.82) is 0 Å². The molecule has 7 nitrogen and oxygen atoms in total. The average molecular weight is 485 g/mol. The molecule has 8 heteroatoms. The smallest absolute Gasteiger partial charge is 0.163 e. The van der Waals surface area contributed by atoms with Crippen LogP contribution in [0.4, 0.5) is 11.5 Å². The number of ether oxygens (including phenoxy) is 1. The molecule has 0 bridgehead atoms. The molecular formula is C26H37ClN6O. The van der Waals surface area contributed by atoms with Crippen LogP contribution < -0.4 is 9.80 Å². The number of aromatic nitrogens is 2. The summed E-state index contributed by atoms with van der Waals surface area (Å²) < 4.78 is 5.46. The number of fused-ring (bicyclic) bond motifs is 1. The van der Waals surface area contributed by atoms with Crippen molar-refractivity contribution in [3.8, 4) is 11.4 Å². The molecule has 4 heterocycles. The van der Waals surface area contributed by atoms with Crippen molar-refractivity contribution in [2.45, 2.75) is 32.7 Å². The van der Waals surface area contributed by atoms with E-state index in [0.717, 1.165) is 108 Å². The molecule has 0 N–H and O–H groups in total. The maximum atomic E-state index is 6.63. The molecular weight excluding hydrogens is 448 g/mol. The Bertz CT molecular complexity index is 955. The molecule has 0 amide bonds. The second kappa shape index (κ2) is 10.8. The molecule has 1 aromatic heterocycles. The van der Waals surface area contributed by atoms with Crippen molar-refractivity contribution >= 4 is 23.1 Å². The van der Waals surface area contributed by atoms with Crippen LogP contribution >= 0.6 is 11.6 Å². The summed E-state index contributed by atoms with van der Waals surface area (Å²) in [7, 11) is 0. The van der Waals surface area contributed by atoms with Gasteiger partial charge < -0.3 is 14.5 Å². The van der Waals surface area contributed by atoms with E-state index >= 15 is 0 Å². The van der Waals surface area contributed by atoms with Crippen LogP contribution in [0.25, 0.3) is 11.4 Å². The van der Waals surface area contributed by atoms with Gasteiger partial charge in [0.05, 0.1) is 13.2 Å². The van der Waals surface area contributed by atoms with Crippen molar-refractivity contribution in [3.05, 3.63) is 35.0 Å². The van der Waals surface area contributed by atoms with Crippen LogP contribution in [0.1, 0.15) is 25.8 Å². The van der Waals surface area contributed by atoms with Crippen molar-refractivity contribution in [3.63, 3.8) is 0 Å². The summed E-state index contributed by atoms with van der Waals surface area (Å²) in [4.78, 5) is 19.5. The first kappa shape index (κ1) is 23.8. The van der Waals surface area contributed by atoms with Gasteiger partial charge in [0.1, 0.15) is 11.0 Å². The van der Waals surface area contributed by atoms with E-state index in [-0.39, 0.29) is 0 Å². The molecule has 0 aliphatic carbocycles. The molecule has 2 aromatic rings. The quantitative estimate of drug-likeness (QED) is 0.558. The Balaban J connectivity index is 1.24. The first-order valence-electron chi connectivity index (χ1n) is 12.8. The zero-order valence-corrected chi connectivity index (χ0v) is 21.3. The van der Waals surface area contributed by atoms with Gasteiger partial charge in [0, 0.05) is 81.8 Å². The average Bonchev–Trinajstić information content (AvgIpc) is 3.28. The third-order valence-corrected chi connectivity index (χ3v) is 7.72. The number of morpholine rings is 1. The zero-order valence-electron chi connectivity index (χ0n) is 20.5. The lowest BCUT2D eigenvalue weighted by molar-refractivity contribution is 0.0376. The molecule has 2 saturated heterocycles. The van der Waals surface area contributed by atoms with Gasteiger partial charge in [-0.05, 0) is 51.0 Å². The fraction of sp³-hybridized carbons (Fsp3) is 0.615. The largest absolute Gasteiger partial charge is 0.379 e. The summed E-state index contributed by atoms with van der Waals surface area (Å²) in [5.74, 6) is 1.74. The first-order valence-corrected chi connectivity index (χ1v) is 13.2. The van der Waals surface area contributed by atoms with Gasteiger partial charge in [-0.25, -0.2) is 9.97 Å². The highest BCUT2D eigenvalue weighted by Gasteiger charge is 2.26. The van der Waals surface area contributed by atoms with Gasteiger partial charge in [0.25, 0.3) is 0 Å². The number of hydrogen-bond acceptors (Lipinski definition) is 7. The second-order valence-corrected chi connectivity index (χ2v) is 10.2. The Morgan fingerprint density at radius 2 is 1.65 bits per heavy atom. The van der Waals surface area contributed by atoms with Gasteiger partial charge in [-0.3, -0.25) is 9.80 Å². The molecule has 0 radical (unpaired) electrons. The molecule has 0 saturated carbocycles. The van der Waals surface area contributed by atoms with E-state index < -0.39 is 0 Å². The van der Waals surface area contributed by atoms with Crippen molar-refractivity contribution in [2.24, 2.45) is 0 Å². The summed E-state index contributed by atoms with van der Waals surface area (Å²) in [6.07, 6.45) is 2.04. The van der Waals surface area contributed by atoms with Gasteiger partial charge in [-0.15, -0.1) is 0 Å². The number of hydrogen-bond donors (Lipinski definition) is 0. The van der Waals surface area contributed by atoms with Gasteiger partial charge >= 0.3 is 0 Å². The fourth-order valence-corrected chi connectivity index (χ4v) is 5.51. The van der Waals surface area contributed by atoms with Gasteiger partial charge in [-0.2, -0.15) is 0 Å². The van der Waals surface area contributed by atoms with Crippen LogP contribution in [-0.4, -0.2) is 97.9 Å². The number of rotatable bonds is 7. The Labute approximate surface area is 208 Å². The van der Waals surface area contributed by atoms with Crippen molar-refractivity contribution < 1.29 is 4.74 Å². The van der Waals surface area contributed by atoms with Gasteiger partial charge in [-0.1, -0.05) is 11.6 Å². The van der Waals surface area contributed by atoms with E-state index in [1.165, 1.54) is 5.69 Å². The summed E-state index contributed by atoms with van der Waals surface area (Å²) >= 11 is 6.63. The minimum atomic E-state index is 0.601. The monoisotopic (exact) mass is 484 g/mol. The van der Waals surface area contributed by atoms with Crippen LogP contribution in [0.3, 0.4) is 0 Å². The molecule has 34 heavy (non-hydrogen) atoms. The molecule has 3 aliphatic rings. The third kappa shape index (κ3) is 5.33. The Morgan fingerprint density at radius 3 is 2.35 bits per heavy atom. The molecule has 0 atom stereocenters. The molecule has 1 aromatic carbocycles. The standard InChI is InChI=1S/C26H37ClN6O/c1-20(2)31-12-14-32(15-13-31)22-6-4-21(5-7-22)25-28-24(27)23-8-11-33(26(23)29-25)10-3-9-30-16-18-34-19-17-30/h4-7,20H,3,8-19H2,1-2H3. The molecule has 5 rings (SSSR count). The van der Waals surface area contributed by atoms with Crippen LogP contribution in [0.2, 0.25) is 5.15 Å². The van der Waals surface area contributed by atoms with Gasteiger partial charge in [0.15, 0.2) is 5.82 Å². The Hall–Kier alpha value is -1.93. The highest BCUT2D eigenvalue weighted by Crippen LogP contribution is 2.33. The SMILES string of the molecule is CC(C)N1CCN(c2ccc(-c3nc(Cl)c4c(n3)N(CCCN3CCOCC3)CC4)cc2)CC1. The van der Waals surface area contributed by atoms with Crippen LogP contribution in [0, 0.1) is 0 Å². The normalized spacial score (nSPS) is 19.8. The summed E-state index contributed by atoms with van der Waals surface area (Å²) in [6, 6.07) is 9.29. The lowest BCUT2D eigenvalue weighted by Gasteiger charge is -2.38. The minimum absolute atomic E-state index is 0.601. The van der Waals surface area contributed by atoms with E-state index in [0.29, 0.717) is 11.2 Å². The minimum Gasteiger partial charge on any atom is -0.379 e. The second-order valence-electron chi connectivity index (χ2n) is 9.85. The number of nitrogens with zero attached hydrogens (tertiary/aromatic N) is 6. The highest BCUT2D eigenvalue weighted by molar-refractivity contribution is 6.30. The zero-order chi connectivity index (χ0) is 23.5. The molecule has 3 aliphatic heterocycles. The predicted octanol–water partition coefficient (Wildman–Crippen LogP) is 3.41. The number of anilines is 2. The highest BCUT2D eigenvalue weighted by atomic mass is 35.5. The maximum Gasteiger partial charge on any atom is 0.163 e. The lowest BCUT2D eigenvalue weighted by atomic mass is 10.1. The topological polar surface area (TPSA) is 48.0 Å². The molecule has 0 spiro atoms. The Kier molecular flexibility index (Phi) is 7.54. The molecule has 0 unspecified atom stereocenters. The number of halogens is 1. The fourth-order valence-electron chi connectivity index (χ4n) is 5.25. The van der Waals surface area contributed by atoms with E-state index in [1.807, 2.05) is 0 Å². The third-order valence-electron chi connectivity index (χ3n) is 7.41. The van der Waals surface area contributed by atoms with E-state index in [9.17, 15) is 0 Å². The van der Waals surface area contributed by atoms with Gasteiger partial charge in [0.2, 0.25) is 0 Å². The van der Waals surface area contributed by atoms with E-state index in [1.54, 1.807) is 0 Å².